The highest BCUT2D eigenvalue weighted by Gasteiger charge is 2.52. The Hall–Kier alpha value is -11.2. The van der Waals surface area contributed by atoms with Crippen LogP contribution >= 0.6 is 0 Å². The van der Waals surface area contributed by atoms with Crippen LogP contribution in [-0.2, 0) is 9.47 Å². The standard InChI is InChI=1S/C87H64O10/c1-43-36-75-87(66-26-20-58(93)42-67(43)66)79(84-63-25-19-57(92)41-52(63)14-33-72(84)97-75)47-8-6-46(7-9-47)78-83-62-24-18-56(91)40-51(62)13-32-71(83)96-74-35-27-64-65(86(74)78)28-34-73-85(64)77(82-61-23-17-55(90)39-50(61)12-31-70(82)95-73)45-4-2-44(3-5-45)76-80-59-21-15-53(88)37-48(59)10-29-68(80)94-69-30-11-49-38-54(89)16-22-60(49)81(69)76/h2,4-35,37-44,71-72,74,76-79,83-84,86,88-93H,3,36H2,1H3. The van der Waals surface area contributed by atoms with Crippen molar-refractivity contribution in [2.24, 2.45) is 5.92 Å². The van der Waals surface area contributed by atoms with Crippen molar-refractivity contribution in [1.82, 2.24) is 0 Å². The number of ether oxygens (including phenoxy) is 4. The zero-order chi connectivity index (χ0) is 64.8. The molecule has 4 aliphatic heterocycles. The van der Waals surface area contributed by atoms with Crippen molar-refractivity contribution in [2.75, 3.05) is 0 Å². The molecule has 11 atom stereocenters. The van der Waals surface area contributed by atoms with Gasteiger partial charge in [0, 0.05) is 75.7 Å². The first-order chi connectivity index (χ1) is 47.4. The molecule has 0 amide bonds. The van der Waals surface area contributed by atoms with Gasteiger partial charge in [0.2, 0.25) is 0 Å². The molecular formula is C87H64O10. The fourth-order valence-electron chi connectivity index (χ4n) is 18.9. The Balaban J connectivity index is 0.743. The van der Waals surface area contributed by atoms with E-state index in [4.69, 9.17) is 18.9 Å². The summed E-state index contributed by atoms with van der Waals surface area (Å²) in [6.45, 7) is 2.21. The molecule has 0 saturated carbocycles. The molecule has 11 unspecified atom stereocenters. The van der Waals surface area contributed by atoms with Crippen LogP contribution < -0.4 is 9.47 Å². The minimum atomic E-state index is -0.318. The van der Waals surface area contributed by atoms with Crippen LogP contribution in [-0.4, -0.2) is 49.0 Å². The van der Waals surface area contributed by atoms with Crippen molar-refractivity contribution in [3.63, 3.8) is 0 Å². The predicted octanol–water partition coefficient (Wildman–Crippen LogP) is 19.7. The number of fused-ring (bicyclic) bond motifs is 22. The van der Waals surface area contributed by atoms with Gasteiger partial charge in [0.25, 0.3) is 0 Å². The zero-order valence-electron chi connectivity index (χ0n) is 52.7. The van der Waals surface area contributed by atoms with Crippen molar-refractivity contribution in [1.29, 1.82) is 0 Å². The van der Waals surface area contributed by atoms with E-state index in [0.717, 1.165) is 150 Å². The molecule has 472 valence electrons. The van der Waals surface area contributed by atoms with E-state index >= 15 is 0 Å². The summed E-state index contributed by atoms with van der Waals surface area (Å²) in [5.41, 5.74) is 17.3. The van der Waals surface area contributed by atoms with Gasteiger partial charge in [0.1, 0.15) is 69.4 Å². The highest BCUT2D eigenvalue weighted by atomic mass is 16.5. The van der Waals surface area contributed by atoms with Gasteiger partial charge >= 0.3 is 0 Å². The van der Waals surface area contributed by atoms with Gasteiger partial charge in [0.05, 0.1) is 12.2 Å². The normalized spacial score (nSPS) is 24.8. The molecule has 5 aliphatic carbocycles. The third kappa shape index (κ3) is 8.48. The second-order valence-electron chi connectivity index (χ2n) is 28.0. The topological polar surface area (TPSA) is 158 Å². The Morgan fingerprint density at radius 1 is 0.392 bits per heavy atom. The van der Waals surface area contributed by atoms with Gasteiger partial charge < -0.3 is 49.6 Å². The van der Waals surface area contributed by atoms with Crippen LogP contribution in [0.15, 0.2) is 230 Å². The second kappa shape index (κ2) is 20.9. The summed E-state index contributed by atoms with van der Waals surface area (Å²) in [5.74, 6) is 4.16. The molecule has 11 aromatic carbocycles. The molecule has 6 N–H and O–H groups in total. The Kier molecular flexibility index (Phi) is 12.1. The summed E-state index contributed by atoms with van der Waals surface area (Å²) in [4.78, 5) is 0. The van der Waals surface area contributed by atoms with Crippen LogP contribution in [0.2, 0.25) is 0 Å². The van der Waals surface area contributed by atoms with Crippen molar-refractivity contribution >= 4 is 56.1 Å². The van der Waals surface area contributed by atoms with Gasteiger partial charge in [-0.2, -0.15) is 0 Å². The van der Waals surface area contributed by atoms with E-state index in [1.165, 1.54) is 0 Å². The van der Waals surface area contributed by atoms with Crippen LogP contribution in [0.4, 0.5) is 0 Å². The number of hydrogen-bond acceptors (Lipinski definition) is 10. The summed E-state index contributed by atoms with van der Waals surface area (Å²) < 4.78 is 28.5. The van der Waals surface area contributed by atoms with Crippen LogP contribution in [0.25, 0.3) is 56.1 Å². The summed E-state index contributed by atoms with van der Waals surface area (Å²) >= 11 is 0. The van der Waals surface area contributed by atoms with Crippen LogP contribution in [0.3, 0.4) is 0 Å². The molecule has 10 nitrogen and oxygen atoms in total. The first-order valence-corrected chi connectivity index (χ1v) is 33.8. The minimum absolute atomic E-state index is 0.0422. The third-order valence-corrected chi connectivity index (χ3v) is 22.9. The quantitative estimate of drug-likeness (QED) is 0.100. The van der Waals surface area contributed by atoms with E-state index in [1.54, 1.807) is 36.4 Å². The molecule has 10 heteroatoms. The Morgan fingerprint density at radius 3 is 1.53 bits per heavy atom. The predicted molar refractivity (Wildman–Crippen MR) is 377 cm³/mol. The van der Waals surface area contributed by atoms with E-state index in [9.17, 15) is 30.6 Å². The summed E-state index contributed by atoms with van der Waals surface area (Å²) in [5, 5.41) is 71.1. The lowest BCUT2D eigenvalue weighted by Crippen LogP contribution is -2.45. The molecule has 0 bridgehead atoms. The van der Waals surface area contributed by atoms with E-state index in [2.05, 4.69) is 116 Å². The smallest absolute Gasteiger partial charge is 0.132 e. The highest BCUT2D eigenvalue weighted by molar-refractivity contribution is 5.96. The second-order valence-corrected chi connectivity index (χ2v) is 28.0. The molecule has 20 rings (SSSR count). The molecular weight excluding hydrogens is 1200 g/mol. The third-order valence-electron chi connectivity index (χ3n) is 22.9. The highest BCUT2D eigenvalue weighted by Crippen LogP contribution is 2.63. The largest absolute Gasteiger partial charge is 0.508 e. The lowest BCUT2D eigenvalue weighted by molar-refractivity contribution is -0.0394. The molecule has 97 heavy (non-hydrogen) atoms. The molecule has 0 spiro atoms. The average Bonchev–Trinajstić information content (AvgIpc) is 0.729. The molecule has 11 aromatic rings. The SMILES string of the molecule is CC1CC2=C(c3ccc(O)cc31)C(c1ccc(C3C4c5ccc(O)cc5C=CC4OC4C=Cc5c(ccc6c5C(C5=CCC(C7c8c(ccc9cc(O)ccc89)Oc8ccc9cc(O)ccc9c87)C=C5)c5c(ccc7cc(O)ccc57)O6)C43)cc1)C1c3ccc(O)cc3C=CC1O2. The number of rotatable bonds is 4. The molecule has 1 fully saturated rings. The first kappa shape index (κ1) is 56.2. The van der Waals surface area contributed by atoms with Crippen molar-refractivity contribution in [2.45, 2.75) is 85.4 Å². The van der Waals surface area contributed by atoms with Gasteiger partial charge in [-0.25, -0.2) is 0 Å². The Bertz CT molecular complexity index is 5400. The van der Waals surface area contributed by atoms with Crippen molar-refractivity contribution in [3.05, 3.63) is 308 Å². The summed E-state index contributed by atoms with van der Waals surface area (Å²) in [7, 11) is 0. The number of allylic oxidation sites excluding steroid dienone is 6. The lowest BCUT2D eigenvalue weighted by Gasteiger charge is -2.50. The monoisotopic (exact) mass is 1270 g/mol. The van der Waals surface area contributed by atoms with Gasteiger partial charge in [-0.05, 0) is 215 Å². The van der Waals surface area contributed by atoms with Crippen molar-refractivity contribution in [3.8, 4) is 57.5 Å². The number of benzene rings is 11. The fourth-order valence-corrected chi connectivity index (χ4v) is 18.9. The number of phenolic OH excluding ortho intramolecular Hbond substituents is 6. The van der Waals surface area contributed by atoms with E-state index in [1.807, 2.05) is 91.0 Å². The molecule has 1 saturated heterocycles. The lowest BCUT2D eigenvalue weighted by atomic mass is 9.61. The number of aromatic hydroxyl groups is 6. The maximum atomic E-state index is 11.0. The number of hydrogen-bond donors (Lipinski definition) is 6. The molecule has 0 radical (unpaired) electrons. The van der Waals surface area contributed by atoms with E-state index < -0.39 is 0 Å². The van der Waals surface area contributed by atoms with E-state index in [0.29, 0.717) is 12.8 Å². The van der Waals surface area contributed by atoms with Gasteiger partial charge in [-0.1, -0.05) is 140 Å². The average molecular weight is 1270 g/mol. The van der Waals surface area contributed by atoms with Gasteiger partial charge in [-0.3, -0.25) is 0 Å². The maximum absolute atomic E-state index is 11.0. The minimum Gasteiger partial charge on any atom is -0.508 e. The van der Waals surface area contributed by atoms with Crippen LogP contribution in [0.1, 0.15) is 145 Å². The first-order valence-electron chi connectivity index (χ1n) is 33.8. The van der Waals surface area contributed by atoms with Gasteiger partial charge in [-0.15, -0.1) is 0 Å². The molecule has 0 aromatic heterocycles. The Morgan fingerprint density at radius 2 is 0.897 bits per heavy atom. The summed E-state index contributed by atoms with van der Waals surface area (Å²) in [6.07, 6.45) is 20.7. The molecule has 4 heterocycles. The molecule has 9 aliphatic rings. The zero-order valence-corrected chi connectivity index (χ0v) is 52.7. The fraction of sp³-hybridized carbons (Fsp3) is 0.172. The number of phenols is 6. The van der Waals surface area contributed by atoms with Crippen LogP contribution in [0, 0.1) is 5.92 Å². The van der Waals surface area contributed by atoms with E-state index in [-0.39, 0.29) is 106 Å². The van der Waals surface area contributed by atoms with Crippen molar-refractivity contribution < 1.29 is 49.6 Å². The van der Waals surface area contributed by atoms with Gasteiger partial charge in [0.15, 0.2) is 0 Å². The van der Waals surface area contributed by atoms with Crippen LogP contribution in [0.5, 0.6) is 57.5 Å². The summed E-state index contributed by atoms with van der Waals surface area (Å²) in [6, 6.07) is 59.9. The Labute approximate surface area is 559 Å². The maximum Gasteiger partial charge on any atom is 0.132 e.